The summed E-state index contributed by atoms with van der Waals surface area (Å²) in [6, 6.07) is 4.59. The number of benzene rings is 1. The van der Waals surface area contributed by atoms with Gasteiger partial charge in [0.25, 0.3) is 0 Å². The molecule has 4 nitrogen and oxygen atoms in total. The summed E-state index contributed by atoms with van der Waals surface area (Å²) < 4.78 is 25.5. The van der Waals surface area contributed by atoms with Crippen LogP contribution in [-0.4, -0.2) is 27.8 Å². The normalized spacial score (nSPS) is 11.4. The van der Waals surface area contributed by atoms with E-state index in [-0.39, 0.29) is 10.8 Å². The maximum Gasteiger partial charge on any atom is 0.234 e. The Bertz CT molecular complexity index is 463. The lowest BCUT2D eigenvalue weighted by atomic mass is 10.3. The van der Waals surface area contributed by atoms with Gasteiger partial charge in [0.2, 0.25) is 10.0 Å². The molecule has 0 aliphatic heterocycles. The highest BCUT2D eigenvalue weighted by atomic mass is 35.5. The molecule has 1 aromatic carbocycles. The van der Waals surface area contributed by atoms with Gasteiger partial charge in [-0.25, -0.2) is 8.42 Å². The molecule has 0 spiro atoms. The van der Waals surface area contributed by atoms with Crippen LogP contribution >= 0.6 is 23.2 Å². The van der Waals surface area contributed by atoms with Crippen molar-refractivity contribution in [3.63, 3.8) is 0 Å². The summed E-state index contributed by atoms with van der Waals surface area (Å²) in [6.07, 6.45) is 0. The smallest absolute Gasteiger partial charge is 0.234 e. The van der Waals surface area contributed by atoms with Crippen LogP contribution in [0.15, 0.2) is 18.2 Å². The fourth-order valence-corrected chi connectivity index (χ4v) is 2.63. The zero-order chi connectivity index (χ0) is 12.2. The molecule has 0 atom stereocenters. The molecular weight excluding hydrogens is 271 g/mol. The van der Waals surface area contributed by atoms with E-state index in [2.05, 4.69) is 10.0 Å². The molecule has 0 aliphatic rings. The number of halogens is 2. The molecule has 0 fully saturated rings. The van der Waals surface area contributed by atoms with E-state index in [1.165, 1.54) is 12.1 Å². The summed E-state index contributed by atoms with van der Waals surface area (Å²) >= 11 is 11.5. The fourth-order valence-electron chi connectivity index (χ4n) is 1.03. The van der Waals surface area contributed by atoms with Crippen molar-refractivity contribution in [3.8, 4) is 0 Å². The monoisotopic (exact) mass is 282 g/mol. The average Bonchev–Trinajstić information content (AvgIpc) is 2.19. The van der Waals surface area contributed by atoms with Crippen LogP contribution in [0.4, 0.5) is 5.69 Å². The summed E-state index contributed by atoms with van der Waals surface area (Å²) in [5.74, 6) is -0.0115. The predicted molar refractivity (Wildman–Crippen MR) is 67.8 cm³/mol. The first-order valence-electron chi connectivity index (χ1n) is 4.55. The maximum atomic E-state index is 11.6. The molecule has 7 heteroatoms. The Morgan fingerprint density at radius 1 is 1.31 bits per heavy atom. The predicted octanol–water partition coefficient (Wildman–Crippen LogP) is 1.95. The molecule has 16 heavy (non-hydrogen) atoms. The summed E-state index contributed by atoms with van der Waals surface area (Å²) in [5, 5.41) is 3.50. The van der Waals surface area contributed by atoms with Gasteiger partial charge in [-0.3, -0.25) is 4.72 Å². The van der Waals surface area contributed by atoms with Gasteiger partial charge >= 0.3 is 0 Å². The summed E-state index contributed by atoms with van der Waals surface area (Å²) in [7, 11) is -1.69. The van der Waals surface area contributed by atoms with E-state index in [9.17, 15) is 8.42 Å². The lowest BCUT2D eigenvalue weighted by molar-refractivity contribution is 0.599. The number of sulfonamides is 1. The molecule has 0 radical (unpaired) electrons. The SMILES string of the molecule is CNCCS(=O)(=O)Nc1ccc(Cl)cc1Cl. The van der Waals surface area contributed by atoms with Crippen molar-refractivity contribution in [3.05, 3.63) is 28.2 Å². The molecule has 90 valence electrons. The number of hydrogen-bond donors (Lipinski definition) is 2. The second-order valence-electron chi connectivity index (χ2n) is 3.15. The van der Waals surface area contributed by atoms with E-state index < -0.39 is 10.0 Å². The fraction of sp³-hybridized carbons (Fsp3) is 0.333. The van der Waals surface area contributed by atoms with E-state index in [1.54, 1.807) is 13.1 Å². The van der Waals surface area contributed by atoms with E-state index in [0.29, 0.717) is 17.3 Å². The summed E-state index contributed by atoms with van der Waals surface area (Å²) in [5.41, 5.74) is 0.335. The Labute approximate surface area is 105 Å². The Kier molecular flexibility index (Phi) is 4.86. The maximum absolute atomic E-state index is 11.6. The van der Waals surface area contributed by atoms with Crippen LogP contribution in [0, 0.1) is 0 Å². The Morgan fingerprint density at radius 2 is 2.00 bits per heavy atom. The van der Waals surface area contributed by atoms with Crippen LogP contribution < -0.4 is 10.0 Å². The standard InChI is InChI=1S/C9H12Cl2N2O2S/c1-12-4-5-16(14,15)13-9-3-2-7(10)6-8(9)11/h2-3,6,12-13H,4-5H2,1H3. The highest BCUT2D eigenvalue weighted by molar-refractivity contribution is 7.92. The lowest BCUT2D eigenvalue weighted by Gasteiger charge is -2.09. The Morgan fingerprint density at radius 3 is 2.56 bits per heavy atom. The topological polar surface area (TPSA) is 58.2 Å². The van der Waals surface area contributed by atoms with Gasteiger partial charge in [0, 0.05) is 11.6 Å². The zero-order valence-electron chi connectivity index (χ0n) is 8.63. The van der Waals surface area contributed by atoms with E-state index in [0.717, 1.165) is 0 Å². The van der Waals surface area contributed by atoms with E-state index >= 15 is 0 Å². The summed E-state index contributed by atoms with van der Waals surface area (Å²) in [6.45, 7) is 0.376. The van der Waals surface area contributed by atoms with Crippen LogP contribution in [0.3, 0.4) is 0 Å². The molecule has 0 heterocycles. The first kappa shape index (κ1) is 13.6. The van der Waals surface area contributed by atoms with Gasteiger partial charge in [0.1, 0.15) is 0 Å². The van der Waals surface area contributed by atoms with Crippen LogP contribution in [-0.2, 0) is 10.0 Å². The minimum Gasteiger partial charge on any atom is -0.319 e. The van der Waals surface area contributed by atoms with Crippen molar-refractivity contribution in [2.45, 2.75) is 0 Å². The van der Waals surface area contributed by atoms with Crippen molar-refractivity contribution in [1.29, 1.82) is 0 Å². The third kappa shape index (κ3) is 4.17. The molecule has 0 aliphatic carbocycles. The minimum atomic E-state index is -3.37. The second-order valence-corrected chi connectivity index (χ2v) is 5.83. The van der Waals surface area contributed by atoms with Gasteiger partial charge in [0.05, 0.1) is 16.5 Å². The van der Waals surface area contributed by atoms with Crippen molar-refractivity contribution in [2.24, 2.45) is 0 Å². The van der Waals surface area contributed by atoms with Crippen molar-refractivity contribution in [2.75, 3.05) is 24.1 Å². The summed E-state index contributed by atoms with van der Waals surface area (Å²) in [4.78, 5) is 0. The minimum absolute atomic E-state index is 0.0115. The van der Waals surface area contributed by atoms with E-state index in [4.69, 9.17) is 23.2 Å². The molecular formula is C9H12Cl2N2O2S. The first-order chi connectivity index (χ1) is 7.44. The van der Waals surface area contributed by atoms with Crippen LogP contribution in [0.25, 0.3) is 0 Å². The third-order valence-corrected chi connectivity index (χ3v) is 3.64. The number of nitrogens with one attached hydrogen (secondary N) is 2. The molecule has 0 aromatic heterocycles. The highest BCUT2D eigenvalue weighted by Gasteiger charge is 2.11. The number of rotatable bonds is 5. The molecule has 0 saturated carbocycles. The zero-order valence-corrected chi connectivity index (χ0v) is 11.0. The lowest BCUT2D eigenvalue weighted by Crippen LogP contribution is -2.24. The molecule has 0 saturated heterocycles. The van der Waals surface area contributed by atoms with Crippen LogP contribution in [0.5, 0.6) is 0 Å². The molecule has 1 rings (SSSR count). The third-order valence-electron chi connectivity index (χ3n) is 1.82. The molecule has 0 amide bonds. The second kappa shape index (κ2) is 5.72. The van der Waals surface area contributed by atoms with E-state index in [1.807, 2.05) is 0 Å². The van der Waals surface area contributed by atoms with Gasteiger partial charge < -0.3 is 5.32 Å². The van der Waals surface area contributed by atoms with Crippen molar-refractivity contribution >= 4 is 38.9 Å². The van der Waals surface area contributed by atoms with Gasteiger partial charge in [-0.1, -0.05) is 23.2 Å². The Balaban J connectivity index is 2.80. The first-order valence-corrected chi connectivity index (χ1v) is 6.95. The largest absolute Gasteiger partial charge is 0.319 e. The van der Waals surface area contributed by atoms with Gasteiger partial charge in [-0.2, -0.15) is 0 Å². The van der Waals surface area contributed by atoms with Gasteiger partial charge in [-0.15, -0.1) is 0 Å². The molecule has 1 aromatic rings. The Hall–Kier alpha value is -0.490. The van der Waals surface area contributed by atoms with Crippen LogP contribution in [0.1, 0.15) is 0 Å². The highest BCUT2D eigenvalue weighted by Crippen LogP contribution is 2.26. The number of hydrogen-bond acceptors (Lipinski definition) is 3. The van der Waals surface area contributed by atoms with Gasteiger partial charge in [0.15, 0.2) is 0 Å². The quantitative estimate of drug-likeness (QED) is 0.868. The van der Waals surface area contributed by atoms with Crippen molar-refractivity contribution in [1.82, 2.24) is 5.32 Å². The molecule has 0 unspecified atom stereocenters. The van der Waals surface area contributed by atoms with Gasteiger partial charge in [-0.05, 0) is 25.2 Å². The number of anilines is 1. The molecule has 0 bridgehead atoms. The molecule has 2 N–H and O–H groups in total. The van der Waals surface area contributed by atoms with Crippen LogP contribution in [0.2, 0.25) is 10.0 Å². The van der Waals surface area contributed by atoms with Crippen molar-refractivity contribution < 1.29 is 8.42 Å². The average molecular weight is 283 g/mol.